The summed E-state index contributed by atoms with van der Waals surface area (Å²) in [6.07, 6.45) is 0. The number of nitrogens with one attached hydrogen (secondary N) is 2. The van der Waals surface area contributed by atoms with Gasteiger partial charge in [0.1, 0.15) is 5.75 Å². The second-order valence-corrected chi connectivity index (χ2v) is 4.70. The number of carbonyl (C=O) groups excluding carboxylic acids is 1. The molecule has 0 bridgehead atoms. The summed E-state index contributed by atoms with van der Waals surface area (Å²) in [4.78, 5) is 11.5. The van der Waals surface area contributed by atoms with Crippen LogP contribution in [0.5, 0.6) is 5.75 Å². The molecule has 2 aromatic rings. The Hall–Kier alpha value is -2.01. The number of hydrazine groups is 1. The molecule has 0 saturated heterocycles. The number of hydrogen-bond acceptors (Lipinski definition) is 3. The lowest BCUT2D eigenvalue weighted by Gasteiger charge is -2.09. The van der Waals surface area contributed by atoms with Crippen molar-refractivity contribution in [1.29, 1.82) is 0 Å². The van der Waals surface area contributed by atoms with E-state index in [0.717, 1.165) is 10.2 Å². The van der Waals surface area contributed by atoms with Gasteiger partial charge in [-0.2, -0.15) is 0 Å². The summed E-state index contributed by atoms with van der Waals surface area (Å²) in [7, 11) is 0. The van der Waals surface area contributed by atoms with Gasteiger partial charge in [0.25, 0.3) is 5.91 Å². The Bertz CT molecular complexity index is 529. The molecule has 1 amide bonds. The van der Waals surface area contributed by atoms with E-state index in [4.69, 9.17) is 4.74 Å². The molecule has 0 radical (unpaired) electrons. The molecule has 2 aromatic carbocycles. The third kappa shape index (κ3) is 4.63. The van der Waals surface area contributed by atoms with E-state index in [9.17, 15) is 4.79 Å². The maximum absolute atomic E-state index is 11.5. The number of carbonyl (C=O) groups is 1. The highest BCUT2D eigenvalue weighted by molar-refractivity contribution is 9.10. The average Bonchev–Trinajstić information content (AvgIpc) is 2.45. The van der Waals surface area contributed by atoms with Crippen molar-refractivity contribution in [3.8, 4) is 5.75 Å². The van der Waals surface area contributed by atoms with Crippen LogP contribution in [-0.4, -0.2) is 12.5 Å². The van der Waals surface area contributed by atoms with Crippen molar-refractivity contribution >= 4 is 27.5 Å². The van der Waals surface area contributed by atoms with E-state index in [0.29, 0.717) is 5.75 Å². The second kappa shape index (κ2) is 6.80. The van der Waals surface area contributed by atoms with Gasteiger partial charge in [-0.05, 0) is 36.4 Å². The standard InChI is InChI=1S/C14H13BrN2O2/c15-11-6-8-13(9-7-11)19-10-14(18)17-16-12-4-2-1-3-5-12/h1-9,16H,10H2,(H,17,18). The minimum atomic E-state index is -0.244. The summed E-state index contributed by atoms with van der Waals surface area (Å²) in [6.45, 7) is -0.0402. The summed E-state index contributed by atoms with van der Waals surface area (Å²) in [5, 5.41) is 0. The van der Waals surface area contributed by atoms with Crippen molar-refractivity contribution in [2.45, 2.75) is 0 Å². The summed E-state index contributed by atoms with van der Waals surface area (Å²) >= 11 is 3.33. The van der Waals surface area contributed by atoms with Crippen molar-refractivity contribution in [3.63, 3.8) is 0 Å². The summed E-state index contributed by atoms with van der Waals surface area (Å²) in [5.41, 5.74) is 6.18. The molecule has 0 aliphatic heterocycles. The van der Waals surface area contributed by atoms with Crippen molar-refractivity contribution in [1.82, 2.24) is 5.43 Å². The Morgan fingerprint density at radius 2 is 1.74 bits per heavy atom. The molecule has 98 valence electrons. The van der Waals surface area contributed by atoms with E-state index in [2.05, 4.69) is 26.8 Å². The van der Waals surface area contributed by atoms with Crippen molar-refractivity contribution in [2.75, 3.05) is 12.0 Å². The van der Waals surface area contributed by atoms with E-state index < -0.39 is 0 Å². The number of rotatable bonds is 5. The zero-order valence-electron chi connectivity index (χ0n) is 10.1. The molecule has 0 unspecified atom stereocenters. The third-order valence-corrected chi connectivity index (χ3v) is 2.83. The lowest BCUT2D eigenvalue weighted by molar-refractivity contribution is -0.122. The van der Waals surface area contributed by atoms with Crippen LogP contribution in [0.15, 0.2) is 59.1 Å². The maximum Gasteiger partial charge on any atom is 0.276 e. The Morgan fingerprint density at radius 1 is 1.05 bits per heavy atom. The van der Waals surface area contributed by atoms with Gasteiger partial charge in [0, 0.05) is 4.47 Å². The fourth-order valence-corrected chi connectivity index (χ4v) is 1.64. The number of anilines is 1. The van der Waals surface area contributed by atoms with Gasteiger partial charge >= 0.3 is 0 Å². The monoisotopic (exact) mass is 320 g/mol. The molecule has 0 heterocycles. The molecule has 0 atom stereocenters. The molecule has 0 spiro atoms. The molecule has 5 heteroatoms. The van der Waals surface area contributed by atoms with Crippen LogP contribution in [0, 0.1) is 0 Å². The third-order valence-electron chi connectivity index (χ3n) is 2.30. The molecule has 0 aliphatic rings. The Kier molecular flexibility index (Phi) is 4.80. The van der Waals surface area contributed by atoms with Crippen molar-refractivity contribution < 1.29 is 9.53 Å². The lowest BCUT2D eigenvalue weighted by Crippen LogP contribution is -2.33. The molecule has 2 rings (SSSR count). The topological polar surface area (TPSA) is 50.4 Å². The van der Waals surface area contributed by atoms with Gasteiger partial charge in [0.15, 0.2) is 6.61 Å². The van der Waals surface area contributed by atoms with E-state index in [1.165, 1.54) is 0 Å². The molecule has 0 fully saturated rings. The summed E-state index contributed by atoms with van der Waals surface area (Å²) in [5.74, 6) is 0.407. The van der Waals surface area contributed by atoms with Crippen LogP contribution in [0.2, 0.25) is 0 Å². The van der Waals surface area contributed by atoms with Crippen molar-refractivity contribution in [2.24, 2.45) is 0 Å². The summed E-state index contributed by atoms with van der Waals surface area (Å²) < 4.78 is 6.31. The van der Waals surface area contributed by atoms with E-state index in [1.54, 1.807) is 12.1 Å². The Morgan fingerprint density at radius 3 is 2.42 bits per heavy atom. The molecular weight excluding hydrogens is 308 g/mol. The van der Waals surface area contributed by atoms with E-state index in [1.807, 2.05) is 42.5 Å². The first-order chi connectivity index (χ1) is 9.24. The average molecular weight is 321 g/mol. The largest absolute Gasteiger partial charge is 0.484 e. The zero-order chi connectivity index (χ0) is 13.5. The highest BCUT2D eigenvalue weighted by Crippen LogP contribution is 2.15. The minimum absolute atomic E-state index is 0.0402. The van der Waals surface area contributed by atoms with Gasteiger partial charge in [-0.25, -0.2) is 0 Å². The predicted molar refractivity (Wildman–Crippen MR) is 77.8 cm³/mol. The smallest absolute Gasteiger partial charge is 0.276 e. The van der Waals surface area contributed by atoms with Crippen LogP contribution in [0.25, 0.3) is 0 Å². The maximum atomic E-state index is 11.5. The van der Waals surface area contributed by atoms with Crippen LogP contribution >= 0.6 is 15.9 Å². The fraction of sp³-hybridized carbons (Fsp3) is 0.0714. The highest BCUT2D eigenvalue weighted by Gasteiger charge is 2.02. The van der Waals surface area contributed by atoms with Gasteiger partial charge in [0.2, 0.25) is 0 Å². The lowest BCUT2D eigenvalue weighted by atomic mass is 10.3. The molecule has 19 heavy (non-hydrogen) atoms. The first kappa shape index (κ1) is 13.4. The number of halogens is 1. The molecule has 0 saturated carbocycles. The molecule has 4 nitrogen and oxygen atoms in total. The molecular formula is C14H13BrN2O2. The van der Waals surface area contributed by atoms with Crippen LogP contribution in [-0.2, 0) is 4.79 Å². The van der Waals surface area contributed by atoms with Gasteiger partial charge in [-0.15, -0.1) is 0 Å². The van der Waals surface area contributed by atoms with Gasteiger partial charge in [-0.1, -0.05) is 34.1 Å². The SMILES string of the molecule is O=C(COc1ccc(Br)cc1)NNc1ccccc1. The quantitative estimate of drug-likeness (QED) is 0.833. The van der Waals surface area contributed by atoms with Gasteiger partial charge in [0.05, 0.1) is 5.69 Å². The normalized spacial score (nSPS) is 9.74. The number of benzene rings is 2. The first-order valence-corrected chi connectivity index (χ1v) is 6.51. The fourth-order valence-electron chi connectivity index (χ4n) is 1.38. The Labute approximate surface area is 119 Å². The van der Waals surface area contributed by atoms with Crippen LogP contribution in [0.3, 0.4) is 0 Å². The van der Waals surface area contributed by atoms with Crippen LogP contribution in [0.4, 0.5) is 5.69 Å². The van der Waals surface area contributed by atoms with Gasteiger partial charge in [-0.3, -0.25) is 15.6 Å². The first-order valence-electron chi connectivity index (χ1n) is 5.72. The number of hydrogen-bond donors (Lipinski definition) is 2. The molecule has 0 aliphatic carbocycles. The molecule has 2 N–H and O–H groups in total. The van der Waals surface area contributed by atoms with E-state index >= 15 is 0 Å². The summed E-state index contributed by atoms with van der Waals surface area (Å²) in [6, 6.07) is 16.7. The number of ether oxygens (including phenoxy) is 1. The zero-order valence-corrected chi connectivity index (χ0v) is 11.7. The van der Waals surface area contributed by atoms with Crippen molar-refractivity contribution in [3.05, 3.63) is 59.1 Å². The van der Waals surface area contributed by atoms with Gasteiger partial charge < -0.3 is 4.74 Å². The molecule has 0 aromatic heterocycles. The van der Waals surface area contributed by atoms with E-state index in [-0.39, 0.29) is 12.5 Å². The second-order valence-electron chi connectivity index (χ2n) is 3.78. The highest BCUT2D eigenvalue weighted by atomic mass is 79.9. The predicted octanol–water partition coefficient (Wildman–Crippen LogP) is 2.97. The number of para-hydroxylation sites is 1. The number of amides is 1. The Balaban J connectivity index is 1.74. The van der Waals surface area contributed by atoms with Crippen LogP contribution in [0.1, 0.15) is 0 Å². The minimum Gasteiger partial charge on any atom is -0.484 e. The van der Waals surface area contributed by atoms with Crippen LogP contribution < -0.4 is 15.6 Å².